The molecule has 0 aliphatic heterocycles. The molecule has 4 aromatic rings. The lowest BCUT2D eigenvalue weighted by Crippen LogP contribution is -2.14. The monoisotopic (exact) mass is 478 g/mol. The maximum Gasteiger partial charge on any atom is 0.266 e. The van der Waals surface area contributed by atoms with Crippen LogP contribution in [0.5, 0.6) is 11.5 Å². The normalized spacial score (nSPS) is 13.4. The van der Waals surface area contributed by atoms with Crippen LogP contribution in [-0.4, -0.2) is 37.6 Å². The van der Waals surface area contributed by atoms with Gasteiger partial charge in [-0.15, -0.1) is 0 Å². The van der Waals surface area contributed by atoms with Gasteiger partial charge in [0.2, 0.25) is 0 Å². The summed E-state index contributed by atoms with van der Waals surface area (Å²) in [6, 6.07) is 10.2. The van der Waals surface area contributed by atoms with Crippen molar-refractivity contribution >= 4 is 26.8 Å². The van der Waals surface area contributed by atoms with Gasteiger partial charge in [0.1, 0.15) is 21.8 Å². The predicted octanol–water partition coefficient (Wildman–Crippen LogP) is 3.65. The molecule has 2 aromatic heterocycles. The van der Waals surface area contributed by atoms with Crippen molar-refractivity contribution < 1.29 is 22.4 Å². The highest BCUT2D eigenvalue weighted by Gasteiger charge is 2.25. The summed E-state index contributed by atoms with van der Waals surface area (Å²) in [6.07, 6.45) is 5.76. The van der Waals surface area contributed by atoms with Gasteiger partial charge in [-0.3, -0.25) is 9.40 Å². The van der Waals surface area contributed by atoms with E-state index in [9.17, 15) is 8.42 Å². The quantitative estimate of drug-likeness (QED) is 0.404. The van der Waals surface area contributed by atoms with Crippen LogP contribution in [0.4, 0.5) is 5.82 Å². The van der Waals surface area contributed by atoms with Gasteiger partial charge in [0.05, 0.1) is 20.8 Å². The van der Waals surface area contributed by atoms with E-state index >= 15 is 0 Å². The first kappa shape index (κ1) is 21.9. The number of anilines is 1. The number of rotatable bonds is 7. The lowest BCUT2D eigenvalue weighted by Gasteiger charge is -2.11. The van der Waals surface area contributed by atoms with Crippen LogP contribution < -0.4 is 14.2 Å². The summed E-state index contributed by atoms with van der Waals surface area (Å²) in [5, 5.41) is 8.57. The molecule has 5 rings (SSSR count). The van der Waals surface area contributed by atoms with Gasteiger partial charge in [0, 0.05) is 23.9 Å². The van der Waals surface area contributed by atoms with Crippen molar-refractivity contribution in [1.82, 2.24) is 14.9 Å². The van der Waals surface area contributed by atoms with Gasteiger partial charge < -0.3 is 14.0 Å². The Morgan fingerprint density at radius 2 is 2.00 bits per heavy atom. The highest BCUT2D eigenvalue weighted by molar-refractivity contribution is 7.92. The minimum Gasteiger partial charge on any atom is -0.496 e. The zero-order valence-electron chi connectivity index (χ0n) is 18.6. The summed E-state index contributed by atoms with van der Waals surface area (Å²) in [7, 11) is -1.12. The number of aromatic nitrogens is 3. The van der Waals surface area contributed by atoms with E-state index in [0.717, 1.165) is 18.4 Å². The second-order valence-corrected chi connectivity index (χ2v) is 9.57. The van der Waals surface area contributed by atoms with E-state index < -0.39 is 10.0 Å². The summed E-state index contributed by atoms with van der Waals surface area (Å²) in [5.41, 5.74) is 1.95. The Morgan fingerprint density at radius 1 is 1.18 bits per heavy atom. The molecule has 0 atom stereocenters. The molecule has 0 amide bonds. The number of nitrogens with one attached hydrogen (secondary N) is 1. The van der Waals surface area contributed by atoms with Gasteiger partial charge in [-0.25, -0.2) is 8.42 Å². The smallest absolute Gasteiger partial charge is 0.266 e. The van der Waals surface area contributed by atoms with Crippen molar-refractivity contribution in [3.8, 4) is 23.3 Å². The van der Waals surface area contributed by atoms with E-state index in [4.69, 9.17) is 14.0 Å². The fourth-order valence-electron chi connectivity index (χ4n) is 3.56. The molecule has 1 aliphatic rings. The third-order valence-corrected chi connectivity index (χ3v) is 6.78. The maximum absolute atomic E-state index is 13.2. The van der Waals surface area contributed by atoms with Crippen LogP contribution in [0.25, 0.3) is 11.0 Å². The number of nitrogens with zero attached hydrogens (tertiary/aromatic N) is 3. The third kappa shape index (κ3) is 4.43. The molecule has 1 saturated carbocycles. The molecule has 0 radical (unpaired) electrons. The van der Waals surface area contributed by atoms with Crippen molar-refractivity contribution in [2.24, 2.45) is 5.92 Å². The number of fused-ring (bicyclic) bond motifs is 1. The topological polar surface area (TPSA) is 108 Å². The first-order chi connectivity index (χ1) is 16.5. The SMILES string of the molecule is COc1cc(C#CC2CC2)ccc1S(=O)(=O)Nc1noc2cc(Cn3cccn3)cc(OC)c12. The van der Waals surface area contributed by atoms with Gasteiger partial charge in [0.25, 0.3) is 10.0 Å². The van der Waals surface area contributed by atoms with Gasteiger partial charge in [-0.05, 0) is 54.8 Å². The predicted molar refractivity (Wildman–Crippen MR) is 125 cm³/mol. The maximum atomic E-state index is 13.2. The Kier molecular flexibility index (Phi) is 5.63. The van der Waals surface area contributed by atoms with Crippen molar-refractivity contribution in [3.05, 3.63) is 59.9 Å². The Balaban J connectivity index is 1.47. The summed E-state index contributed by atoms with van der Waals surface area (Å²) in [6.45, 7) is 0.494. The molecule has 0 spiro atoms. The van der Waals surface area contributed by atoms with E-state index in [1.54, 1.807) is 35.1 Å². The third-order valence-electron chi connectivity index (χ3n) is 5.40. The highest BCUT2D eigenvalue weighted by Crippen LogP contribution is 2.36. The van der Waals surface area contributed by atoms with Crippen molar-refractivity contribution in [1.29, 1.82) is 0 Å². The lowest BCUT2D eigenvalue weighted by molar-refractivity contribution is 0.402. The zero-order valence-corrected chi connectivity index (χ0v) is 19.4. The molecule has 0 bridgehead atoms. The molecule has 2 aromatic carbocycles. The van der Waals surface area contributed by atoms with Gasteiger partial charge in [-0.1, -0.05) is 17.0 Å². The average molecular weight is 479 g/mol. The molecule has 174 valence electrons. The lowest BCUT2D eigenvalue weighted by atomic mass is 10.1. The van der Waals surface area contributed by atoms with E-state index in [-0.39, 0.29) is 16.5 Å². The fraction of sp³-hybridized carbons (Fsp3) is 0.250. The summed E-state index contributed by atoms with van der Waals surface area (Å²) in [5.74, 6) is 7.31. The average Bonchev–Trinajstić information content (AvgIpc) is 3.38. The molecular weight excluding hydrogens is 456 g/mol. The standard InChI is InChI=1S/C24H22N4O5S/c1-31-19-12-17(7-6-16-4-5-16)8-9-22(19)34(29,30)27-24-23-20(32-2)13-18(14-21(23)33-26-24)15-28-11-3-10-25-28/h3,8-14,16H,4-5,15H2,1-2H3,(H,26,27). The van der Waals surface area contributed by atoms with Gasteiger partial charge >= 0.3 is 0 Å². The molecule has 1 N–H and O–H groups in total. The Bertz CT molecular complexity index is 1510. The summed E-state index contributed by atoms with van der Waals surface area (Å²) >= 11 is 0. The second-order valence-electron chi connectivity index (χ2n) is 7.92. The van der Waals surface area contributed by atoms with Crippen LogP contribution in [0.2, 0.25) is 0 Å². The number of hydrogen-bond acceptors (Lipinski definition) is 7. The molecule has 10 heteroatoms. The van der Waals surface area contributed by atoms with Gasteiger partial charge in [-0.2, -0.15) is 5.10 Å². The van der Waals surface area contributed by atoms with Crippen LogP contribution >= 0.6 is 0 Å². The number of sulfonamides is 1. The highest BCUT2D eigenvalue weighted by atomic mass is 32.2. The van der Waals surface area contributed by atoms with Crippen LogP contribution in [0.15, 0.2) is 58.2 Å². The van der Waals surface area contributed by atoms with Crippen LogP contribution in [-0.2, 0) is 16.6 Å². The van der Waals surface area contributed by atoms with E-state index in [2.05, 4.69) is 26.8 Å². The molecule has 2 heterocycles. The summed E-state index contributed by atoms with van der Waals surface area (Å²) in [4.78, 5) is -0.0302. The molecule has 0 unspecified atom stereocenters. The van der Waals surface area contributed by atoms with Crippen molar-refractivity contribution in [2.45, 2.75) is 24.3 Å². The van der Waals surface area contributed by atoms with E-state index in [1.807, 2.05) is 12.3 Å². The number of hydrogen-bond donors (Lipinski definition) is 1. The molecular formula is C24H22N4O5S. The molecule has 1 aliphatic carbocycles. The van der Waals surface area contributed by atoms with Gasteiger partial charge in [0.15, 0.2) is 11.4 Å². The number of methoxy groups -OCH3 is 2. The van der Waals surface area contributed by atoms with Crippen LogP contribution in [0.3, 0.4) is 0 Å². The summed E-state index contributed by atoms with van der Waals surface area (Å²) < 4.78 is 47.0. The second kappa shape index (κ2) is 8.76. The molecule has 9 nitrogen and oxygen atoms in total. The molecule has 0 saturated heterocycles. The minimum absolute atomic E-state index is 0.0251. The van der Waals surface area contributed by atoms with Crippen molar-refractivity contribution in [3.63, 3.8) is 0 Å². The molecule has 34 heavy (non-hydrogen) atoms. The van der Waals surface area contributed by atoms with E-state index in [1.165, 1.54) is 20.3 Å². The van der Waals surface area contributed by atoms with Crippen molar-refractivity contribution in [2.75, 3.05) is 18.9 Å². The minimum atomic E-state index is -4.04. The Morgan fingerprint density at radius 3 is 2.71 bits per heavy atom. The first-order valence-electron chi connectivity index (χ1n) is 10.6. The zero-order chi connectivity index (χ0) is 23.7. The number of benzene rings is 2. The Labute approximate surface area is 196 Å². The van der Waals surface area contributed by atoms with E-state index in [0.29, 0.717) is 34.7 Å². The first-order valence-corrected chi connectivity index (χ1v) is 12.1. The molecule has 1 fully saturated rings. The largest absolute Gasteiger partial charge is 0.496 e. The fourth-order valence-corrected chi connectivity index (χ4v) is 4.71. The van der Waals surface area contributed by atoms with Crippen LogP contribution in [0, 0.1) is 17.8 Å². The van der Waals surface area contributed by atoms with Crippen LogP contribution in [0.1, 0.15) is 24.0 Å². The Hall–Kier alpha value is -3.97. The number of ether oxygens (including phenoxy) is 2.